The van der Waals surface area contributed by atoms with Gasteiger partial charge in [-0.3, -0.25) is 0 Å². The number of aromatic amines is 1. The van der Waals surface area contributed by atoms with Crippen LogP contribution in [0.2, 0.25) is 0 Å². The first kappa shape index (κ1) is 31.1. The van der Waals surface area contributed by atoms with Crippen molar-refractivity contribution in [3.05, 3.63) is 68.8 Å². The van der Waals surface area contributed by atoms with Gasteiger partial charge in [0, 0.05) is 51.3 Å². The van der Waals surface area contributed by atoms with Crippen LogP contribution in [-0.4, -0.2) is 19.5 Å². The Kier molecular flexibility index (Phi) is 9.82. The molecule has 2 aliphatic heterocycles. The summed E-state index contributed by atoms with van der Waals surface area (Å²) in [7, 11) is 0. The fourth-order valence-electron chi connectivity index (χ4n) is 7.06. The van der Waals surface area contributed by atoms with Crippen molar-refractivity contribution in [2.75, 3.05) is 0 Å². The number of hydrogen-bond acceptors (Lipinski definition) is 2. The summed E-state index contributed by atoms with van der Waals surface area (Å²) >= 11 is 0. The van der Waals surface area contributed by atoms with E-state index in [1.165, 1.54) is 66.9 Å². The van der Waals surface area contributed by atoms with Crippen molar-refractivity contribution in [2.45, 2.75) is 107 Å². The Labute approximate surface area is 256 Å². The third-order valence-corrected chi connectivity index (χ3v) is 8.85. The zero-order valence-electron chi connectivity index (χ0n) is 26.2. The summed E-state index contributed by atoms with van der Waals surface area (Å²) in [6.45, 7) is 19.2. The first-order valence-corrected chi connectivity index (χ1v) is 15.7. The molecule has 0 fully saturated rings. The van der Waals surface area contributed by atoms with Gasteiger partial charge in [0.2, 0.25) is 0 Å². The van der Waals surface area contributed by atoms with Crippen molar-refractivity contribution in [3.8, 4) is 0 Å². The molecular weight excluding hydrogens is 544 g/mol. The summed E-state index contributed by atoms with van der Waals surface area (Å²) < 4.78 is 2.55. The number of fused-ring (bicyclic) bond motifs is 8. The average molecular weight is 591 g/mol. The smallest absolute Gasteiger partial charge is 0.0725 e. The van der Waals surface area contributed by atoms with Gasteiger partial charge in [0.05, 0.1) is 28.3 Å². The summed E-state index contributed by atoms with van der Waals surface area (Å²) in [4.78, 5) is 14.4. The molecule has 4 nitrogen and oxygen atoms in total. The molecule has 0 spiro atoms. The maximum Gasteiger partial charge on any atom is 0.0725 e. The molecule has 218 valence electrons. The predicted octanol–water partition coefficient (Wildman–Crippen LogP) is 9.52. The zero-order chi connectivity index (χ0) is 28.6. The van der Waals surface area contributed by atoms with E-state index in [9.17, 15) is 0 Å². The summed E-state index contributed by atoms with van der Waals surface area (Å²) in [5.41, 5.74) is 19.3. The molecule has 1 N–H and O–H groups in total. The van der Waals surface area contributed by atoms with Crippen LogP contribution in [0.5, 0.6) is 0 Å². The van der Waals surface area contributed by atoms with Gasteiger partial charge in [0.25, 0.3) is 0 Å². The minimum absolute atomic E-state index is 0. The van der Waals surface area contributed by atoms with E-state index in [1.807, 2.05) is 0 Å². The number of allylic oxidation sites excluding steroid dienone is 2. The summed E-state index contributed by atoms with van der Waals surface area (Å²) in [6.07, 6.45) is 11.2. The van der Waals surface area contributed by atoms with Gasteiger partial charge in [-0.05, 0) is 110 Å². The number of rotatable bonds is 8. The van der Waals surface area contributed by atoms with Crippen molar-refractivity contribution in [1.82, 2.24) is 19.5 Å². The van der Waals surface area contributed by atoms with E-state index >= 15 is 0 Å². The summed E-state index contributed by atoms with van der Waals surface area (Å²) in [6, 6.07) is 6.80. The Balaban J connectivity index is 0.00000387. The number of aryl methyl sites for hydroxylation is 6. The molecule has 5 rings (SSSR count). The van der Waals surface area contributed by atoms with Crippen LogP contribution >= 0.6 is 0 Å². The largest absolute Gasteiger partial charge is 0.355 e. The zero-order valence-corrected chi connectivity index (χ0v) is 27.3. The molecule has 2 aliphatic rings. The van der Waals surface area contributed by atoms with Gasteiger partial charge < -0.3 is 9.55 Å². The van der Waals surface area contributed by atoms with Crippen LogP contribution in [0.3, 0.4) is 0 Å². The van der Waals surface area contributed by atoms with Gasteiger partial charge in [0.1, 0.15) is 0 Å². The molecule has 0 saturated heterocycles. The van der Waals surface area contributed by atoms with Gasteiger partial charge in [-0.15, -0.1) is 0 Å². The molecule has 5 heterocycles. The number of H-pyrrole nitrogens is 1. The number of nitrogens with one attached hydrogen (secondary N) is 1. The molecule has 0 unspecified atom stereocenters. The molecule has 0 amide bonds. The molecule has 3 aromatic heterocycles. The predicted molar refractivity (Wildman–Crippen MR) is 174 cm³/mol. The maximum absolute atomic E-state index is 5.61. The van der Waals surface area contributed by atoms with Crippen LogP contribution in [-0.2, 0) is 55.7 Å². The topological polar surface area (TPSA) is 46.5 Å². The Bertz CT molecular complexity index is 1680. The second-order valence-corrected chi connectivity index (χ2v) is 10.8. The van der Waals surface area contributed by atoms with Gasteiger partial charge in [-0.1, -0.05) is 48.5 Å². The molecule has 3 aromatic rings. The Morgan fingerprint density at radius 3 is 1.73 bits per heavy atom. The Morgan fingerprint density at radius 1 is 0.610 bits per heavy atom. The van der Waals surface area contributed by atoms with Crippen LogP contribution in [0, 0.1) is 0 Å². The standard InChI is InChI=1S/C36H46N4.Fe/c1-9-22-19-25-20-23-17-18-24(37-23)21-32-26(10-2)29(13-5)36(40(32)16-8)31(15-7)35-28(12-4)27(11-3)34(39-35)30(14-6)33(22)38-25;/h17-21,38H,9-16H2,1-8H3;. The van der Waals surface area contributed by atoms with Gasteiger partial charge in [-0.25, -0.2) is 9.97 Å². The first-order valence-electron chi connectivity index (χ1n) is 15.7. The number of hydrogen-bond donors (Lipinski definition) is 1. The van der Waals surface area contributed by atoms with Crippen molar-refractivity contribution in [2.24, 2.45) is 0 Å². The minimum Gasteiger partial charge on any atom is -0.355 e. The quantitative estimate of drug-likeness (QED) is 0.208. The Hall–Kier alpha value is -2.88. The van der Waals surface area contributed by atoms with Gasteiger partial charge in [0.15, 0.2) is 0 Å². The third kappa shape index (κ3) is 5.17. The third-order valence-electron chi connectivity index (χ3n) is 8.85. The van der Waals surface area contributed by atoms with Crippen molar-refractivity contribution < 1.29 is 17.1 Å². The van der Waals surface area contributed by atoms with Gasteiger partial charge >= 0.3 is 0 Å². The van der Waals surface area contributed by atoms with Crippen LogP contribution in [0.25, 0.3) is 45.4 Å². The van der Waals surface area contributed by atoms with Crippen LogP contribution in [0.15, 0.2) is 18.2 Å². The van der Waals surface area contributed by atoms with E-state index in [2.05, 4.69) is 95.3 Å². The maximum atomic E-state index is 5.61. The fraction of sp³-hybridized carbons (Fsp3) is 0.444. The minimum atomic E-state index is 0. The van der Waals surface area contributed by atoms with Crippen LogP contribution in [0.1, 0.15) is 119 Å². The first-order chi connectivity index (χ1) is 19.5. The van der Waals surface area contributed by atoms with Crippen molar-refractivity contribution in [3.63, 3.8) is 0 Å². The average Bonchev–Trinajstić information content (AvgIpc) is 3.73. The van der Waals surface area contributed by atoms with E-state index in [0.717, 1.165) is 68.4 Å². The molecule has 5 heteroatoms. The molecule has 0 aromatic carbocycles. The second-order valence-electron chi connectivity index (χ2n) is 10.8. The summed E-state index contributed by atoms with van der Waals surface area (Å²) in [5.74, 6) is 0. The SMILES string of the molecule is CCC1=C(CC)c2nc1c(CC)c1[nH]c(cc3nc(cc4c(CC)c(CC)c(c2CC)n4CC)C=C3)cc1CC.[Fe]. The molecule has 41 heavy (non-hydrogen) atoms. The molecule has 0 radical (unpaired) electrons. The van der Waals surface area contributed by atoms with E-state index in [-0.39, 0.29) is 17.1 Å². The molecule has 0 aliphatic carbocycles. The Morgan fingerprint density at radius 2 is 1.20 bits per heavy atom. The molecule has 8 bridgehead atoms. The van der Waals surface area contributed by atoms with Crippen LogP contribution in [0.4, 0.5) is 0 Å². The molecule has 0 saturated carbocycles. The van der Waals surface area contributed by atoms with E-state index < -0.39 is 0 Å². The van der Waals surface area contributed by atoms with E-state index in [1.54, 1.807) is 0 Å². The van der Waals surface area contributed by atoms with Crippen molar-refractivity contribution >= 4 is 45.4 Å². The van der Waals surface area contributed by atoms with Gasteiger partial charge in [-0.2, -0.15) is 0 Å². The fourth-order valence-corrected chi connectivity index (χ4v) is 7.06. The molecular formula is C36H46FeN4. The molecule has 0 atom stereocenters. The summed E-state index contributed by atoms with van der Waals surface area (Å²) in [5, 5.41) is 0. The second kappa shape index (κ2) is 13.0. The normalized spacial score (nSPS) is 12.8. The van der Waals surface area contributed by atoms with E-state index in [0.29, 0.717) is 0 Å². The number of aromatic nitrogens is 4. The number of nitrogens with zero attached hydrogens (tertiary/aromatic N) is 3. The van der Waals surface area contributed by atoms with Crippen molar-refractivity contribution in [1.29, 1.82) is 0 Å². The monoisotopic (exact) mass is 590 g/mol. The van der Waals surface area contributed by atoms with Crippen LogP contribution < -0.4 is 0 Å². The van der Waals surface area contributed by atoms with E-state index in [4.69, 9.17) is 9.97 Å².